The van der Waals surface area contributed by atoms with Crippen molar-refractivity contribution >= 4 is 12.0 Å². The van der Waals surface area contributed by atoms with Gasteiger partial charge in [-0.05, 0) is 18.8 Å². The van der Waals surface area contributed by atoms with Gasteiger partial charge in [0.05, 0.1) is 25.7 Å². The van der Waals surface area contributed by atoms with Crippen LogP contribution < -0.4 is 61.8 Å². The largest absolute Gasteiger partial charge is 1.00 e. The van der Waals surface area contributed by atoms with Crippen LogP contribution in [0.4, 0.5) is 4.79 Å². The molecule has 1 aliphatic carbocycles. The van der Waals surface area contributed by atoms with Gasteiger partial charge in [-0.1, -0.05) is 13.8 Å². The van der Waals surface area contributed by atoms with E-state index in [9.17, 15) is 14.7 Å². The second kappa shape index (κ2) is 9.69. The Labute approximate surface area is 179 Å². The van der Waals surface area contributed by atoms with E-state index in [1.165, 1.54) is 4.90 Å². The van der Waals surface area contributed by atoms with Gasteiger partial charge in [-0.3, -0.25) is 0 Å². The Balaban J connectivity index is 0.00000264. The molecule has 1 aliphatic heterocycles. The van der Waals surface area contributed by atoms with E-state index in [0.717, 1.165) is 25.7 Å². The van der Waals surface area contributed by atoms with Crippen molar-refractivity contribution in [3.8, 4) is 0 Å². The molecule has 0 bridgehead atoms. The smallest absolute Gasteiger partial charge is 0.548 e. The standard InChI is InChI=1S/C15H26N2O5.K/c1-11(2)9-17(10-13(18)19)14(20)16-12-3-5-15(6-4-12)21-7-8-22-15;/h11-12H,3-10H2,1-2H3,(H,16,20)(H,18,19);/q;+1/p-1. The number of urea groups is 1. The Hall–Kier alpha value is 0.296. The molecule has 0 unspecified atom stereocenters. The summed E-state index contributed by atoms with van der Waals surface area (Å²) in [5.41, 5.74) is 0. The summed E-state index contributed by atoms with van der Waals surface area (Å²) in [6.07, 6.45) is 3.05. The van der Waals surface area contributed by atoms with E-state index in [1.54, 1.807) is 0 Å². The summed E-state index contributed by atoms with van der Waals surface area (Å²) in [4.78, 5) is 24.3. The van der Waals surface area contributed by atoms with Crippen molar-refractivity contribution in [3.05, 3.63) is 0 Å². The Morgan fingerprint density at radius 2 is 1.83 bits per heavy atom. The molecule has 23 heavy (non-hydrogen) atoms. The summed E-state index contributed by atoms with van der Waals surface area (Å²) in [6.45, 7) is 5.15. The molecule has 1 saturated heterocycles. The predicted octanol–water partition coefficient (Wildman–Crippen LogP) is -2.91. The number of carboxylic acids is 1. The number of carbonyl (C=O) groups excluding carboxylic acids is 2. The maximum atomic E-state index is 12.3. The molecular weight excluding hydrogens is 327 g/mol. The number of rotatable bonds is 5. The summed E-state index contributed by atoms with van der Waals surface area (Å²) in [5.74, 6) is -1.50. The Kier molecular flexibility index (Phi) is 8.99. The third-order valence-corrected chi connectivity index (χ3v) is 4.08. The average molecular weight is 352 g/mol. The average Bonchev–Trinajstić information content (AvgIpc) is 2.88. The number of ether oxygens (including phenoxy) is 2. The fraction of sp³-hybridized carbons (Fsp3) is 0.867. The van der Waals surface area contributed by atoms with Crippen LogP contribution in [-0.2, 0) is 14.3 Å². The molecule has 2 amide bonds. The van der Waals surface area contributed by atoms with Crippen LogP contribution in [0.2, 0.25) is 0 Å². The zero-order valence-electron chi connectivity index (χ0n) is 14.3. The van der Waals surface area contributed by atoms with Gasteiger partial charge in [0, 0.05) is 25.4 Å². The first-order chi connectivity index (χ1) is 10.4. The molecule has 2 rings (SSSR count). The van der Waals surface area contributed by atoms with Crippen molar-refractivity contribution < 1.29 is 75.6 Å². The van der Waals surface area contributed by atoms with Crippen LogP contribution in [0, 0.1) is 5.92 Å². The molecule has 0 aromatic heterocycles. The molecule has 0 aromatic carbocycles. The summed E-state index contributed by atoms with van der Waals surface area (Å²) in [7, 11) is 0. The first kappa shape index (κ1) is 21.3. The second-order valence-corrected chi connectivity index (χ2v) is 6.48. The topological polar surface area (TPSA) is 90.9 Å². The van der Waals surface area contributed by atoms with Gasteiger partial charge in [0.25, 0.3) is 0 Å². The second-order valence-electron chi connectivity index (χ2n) is 6.48. The Bertz CT molecular complexity index is 403. The van der Waals surface area contributed by atoms with E-state index in [-0.39, 0.29) is 75.9 Å². The van der Waals surface area contributed by atoms with Crippen molar-refractivity contribution in [2.45, 2.75) is 51.4 Å². The van der Waals surface area contributed by atoms with Gasteiger partial charge in [-0.25, -0.2) is 4.79 Å². The van der Waals surface area contributed by atoms with Gasteiger partial charge in [-0.2, -0.15) is 0 Å². The summed E-state index contributed by atoms with van der Waals surface area (Å²) >= 11 is 0. The SMILES string of the molecule is CC(C)CN(CC(=O)[O-])C(=O)NC1CCC2(CC1)OCCO2.[K+]. The Morgan fingerprint density at radius 3 is 2.30 bits per heavy atom. The summed E-state index contributed by atoms with van der Waals surface area (Å²) in [6, 6.07) is -0.311. The molecular formula is C15H25KN2O5. The molecule has 7 nitrogen and oxygen atoms in total. The van der Waals surface area contributed by atoms with Gasteiger partial charge in [0.2, 0.25) is 0 Å². The zero-order valence-corrected chi connectivity index (χ0v) is 17.4. The van der Waals surface area contributed by atoms with Crippen LogP contribution in [0.15, 0.2) is 0 Å². The quantitative estimate of drug-likeness (QED) is 0.536. The number of nitrogens with zero attached hydrogens (tertiary/aromatic N) is 1. The van der Waals surface area contributed by atoms with Crippen LogP contribution in [-0.4, -0.2) is 55.0 Å². The molecule has 0 radical (unpaired) electrons. The third kappa shape index (κ3) is 6.60. The number of aliphatic carboxylic acids is 1. The van der Waals surface area contributed by atoms with Crippen LogP contribution in [0.5, 0.6) is 0 Å². The van der Waals surface area contributed by atoms with Gasteiger partial charge in [0.1, 0.15) is 0 Å². The van der Waals surface area contributed by atoms with Crippen LogP contribution in [0.25, 0.3) is 0 Å². The molecule has 0 atom stereocenters. The molecule has 8 heteroatoms. The normalized spacial score (nSPS) is 20.3. The first-order valence-electron chi connectivity index (χ1n) is 7.93. The fourth-order valence-corrected chi connectivity index (χ4v) is 3.07. The van der Waals surface area contributed by atoms with E-state index in [1.807, 2.05) is 13.8 Å². The van der Waals surface area contributed by atoms with E-state index in [2.05, 4.69) is 5.32 Å². The summed E-state index contributed by atoms with van der Waals surface area (Å²) in [5, 5.41) is 13.7. The van der Waals surface area contributed by atoms with Gasteiger partial charge in [0.15, 0.2) is 5.79 Å². The molecule has 126 valence electrons. The minimum atomic E-state index is -1.24. The molecule has 2 aliphatic rings. The molecule has 1 N–H and O–H groups in total. The Morgan fingerprint density at radius 1 is 1.26 bits per heavy atom. The summed E-state index contributed by atoms with van der Waals surface area (Å²) < 4.78 is 11.3. The maximum absolute atomic E-state index is 12.3. The number of carboxylic acid groups (broad SMARTS) is 1. The third-order valence-electron chi connectivity index (χ3n) is 4.08. The molecule has 2 fully saturated rings. The minimum absolute atomic E-state index is 0. The fourth-order valence-electron chi connectivity index (χ4n) is 3.07. The molecule has 0 aromatic rings. The van der Waals surface area contributed by atoms with Gasteiger partial charge >= 0.3 is 57.4 Å². The van der Waals surface area contributed by atoms with Crippen molar-refractivity contribution in [2.24, 2.45) is 5.92 Å². The maximum Gasteiger partial charge on any atom is 1.00 e. The molecule has 1 saturated carbocycles. The number of nitrogens with one attached hydrogen (secondary N) is 1. The monoisotopic (exact) mass is 352 g/mol. The van der Waals surface area contributed by atoms with Gasteiger partial charge < -0.3 is 29.6 Å². The predicted molar refractivity (Wildman–Crippen MR) is 76.8 cm³/mol. The van der Waals surface area contributed by atoms with Crippen molar-refractivity contribution in [2.75, 3.05) is 26.3 Å². The zero-order chi connectivity index (χ0) is 16.2. The minimum Gasteiger partial charge on any atom is -0.548 e. The van der Waals surface area contributed by atoms with Crippen molar-refractivity contribution in [1.29, 1.82) is 0 Å². The van der Waals surface area contributed by atoms with E-state index in [4.69, 9.17) is 9.47 Å². The van der Waals surface area contributed by atoms with Crippen LogP contribution >= 0.6 is 0 Å². The van der Waals surface area contributed by atoms with Gasteiger partial charge in [-0.15, -0.1) is 0 Å². The van der Waals surface area contributed by atoms with Crippen LogP contribution in [0.1, 0.15) is 39.5 Å². The number of carbonyl (C=O) groups is 2. The number of hydrogen-bond donors (Lipinski definition) is 1. The first-order valence-corrected chi connectivity index (χ1v) is 7.93. The van der Waals surface area contributed by atoms with E-state index in [0.29, 0.717) is 19.8 Å². The van der Waals surface area contributed by atoms with Crippen molar-refractivity contribution in [1.82, 2.24) is 10.2 Å². The van der Waals surface area contributed by atoms with Crippen molar-refractivity contribution in [3.63, 3.8) is 0 Å². The molecule has 1 spiro atoms. The van der Waals surface area contributed by atoms with Crippen LogP contribution in [0.3, 0.4) is 0 Å². The molecule has 1 heterocycles. The van der Waals surface area contributed by atoms with E-state index < -0.39 is 11.8 Å². The van der Waals surface area contributed by atoms with E-state index >= 15 is 0 Å². The number of amides is 2. The number of hydrogen-bond acceptors (Lipinski definition) is 5.